The molecule has 0 aliphatic rings. The van der Waals surface area contributed by atoms with Crippen LogP contribution in [0.5, 0.6) is 0 Å². The molecule has 20 heavy (non-hydrogen) atoms. The Bertz CT molecular complexity index is 482. The number of hydrogen-bond acceptors (Lipinski definition) is 4. The molecule has 1 atom stereocenters. The average Bonchev–Trinajstić information content (AvgIpc) is 2.28. The second-order valence-electron chi connectivity index (χ2n) is 5.21. The number of rotatable bonds is 4. The lowest BCUT2D eigenvalue weighted by Gasteiger charge is -2.21. The Morgan fingerprint density at radius 3 is 2.55 bits per heavy atom. The zero-order chi connectivity index (χ0) is 15.3. The van der Waals surface area contributed by atoms with Crippen molar-refractivity contribution in [3.05, 3.63) is 29.0 Å². The maximum atomic E-state index is 11.6. The molecule has 0 bridgehead atoms. The molecule has 0 saturated heterocycles. The molecule has 1 rings (SSSR count). The van der Waals surface area contributed by atoms with Crippen LogP contribution in [-0.2, 0) is 16.0 Å². The van der Waals surface area contributed by atoms with Crippen LogP contribution in [0.15, 0.2) is 18.3 Å². The third kappa shape index (κ3) is 5.88. The summed E-state index contributed by atoms with van der Waals surface area (Å²) in [5.74, 6) is -1.16. The van der Waals surface area contributed by atoms with Crippen molar-refractivity contribution < 1.29 is 19.4 Å². The van der Waals surface area contributed by atoms with Crippen LogP contribution in [-0.4, -0.2) is 33.8 Å². The van der Waals surface area contributed by atoms with Crippen molar-refractivity contribution >= 4 is 23.7 Å². The summed E-state index contributed by atoms with van der Waals surface area (Å²) in [6, 6.07) is 2.10. The number of nitrogens with one attached hydrogen (secondary N) is 1. The first-order valence-electron chi connectivity index (χ1n) is 6.00. The SMILES string of the molecule is CC(C)(C)OC(=O)NC(Cc1ccc(Cl)cn1)C(=O)O. The van der Waals surface area contributed by atoms with Gasteiger partial charge in [0.2, 0.25) is 0 Å². The third-order valence-electron chi connectivity index (χ3n) is 2.19. The van der Waals surface area contributed by atoms with Crippen LogP contribution in [0.1, 0.15) is 26.5 Å². The monoisotopic (exact) mass is 300 g/mol. The van der Waals surface area contributed by atoms with Gasteiger partial charge in [-0.3, -0.25) is 4.98 Å². The Hall–Kier alpha value is -1.82. The quantitative estimate of drug-likeness (QED) is 0.890. The number of carboxylic acids is 1. The molecule has 1 heterocycles. The number of halogens is 1. The molecule has 0 radical (unpaired) electrons. The molecule has 2 N–H and O–H groups in total. The highest BCUT2D eigenvalue weighted by molar-refractivity contribution is 6.30. The molecule has 110 valence electrons. The normalized spacial score (nSPS) is 12.6. The summed E-state index contributed by atoms with van der Waals surface area (Å²) >= 11 is 5.70. The first-order chi connectivity index (χ1) is 9.17. The molecule has 0 aliphatic heterocycles. The number of ether oxygens (including phenoxy) is 1. The van der Waals surface area contributed by atoms with Crippen molar-refractivity contribution in [2.45, 2.75) is 38.8 Å². The van der Waals surface area contributed by atoms with E-state index in [9.17, 15) is 9.59 Å². The van der Waals surface area contributed by atoms with Gasteiger partial charge >= 0.3 is 12.1 Å². The first-order valence-corrected chi connectivity index (χ1v) is 6.38. The minimum Gasteiger partial charge on any atom is -0.480 e. The Kier molecular flexibility index (Phi) is 5.33. The van der Waals surface area contributed by atoms with E-state index in [0.29, 0.717) is 10.7 Å². The van der Waals surface area contributed by atoms with Gasteiger partial charge in [-0.15, -0.1) is 0 Å². The summed E-state index contributed by atoms with van der Waals surface area (Å²) in [6.07, 6.45) is 0.688. The number of nitrogens with zero attached hydrogens (tertiary/aromatic N) is 1. The topological polar surface area (TPSA) is 88.5 Å². The fourth-order valence-corrected chi connectivity index (χ4v) is 1.50. The van der Waals surface area contributed by atoms with E-state index in [1.165, 1.54) is 6.20 Å². The molecular formula is C13H17ClN2O4. The summed E-state index contributed by atoms with van der Waals surface area (Å²) in [6.45, 7) is 5.09. The fraction of sp³-hybridized carbons (Fsp3) is 0.462. The molecule has 7 heteroatoms. The molecule has 6 nitrogen and oxygen atoms in total. The van der Waals surface area contributed by atoms with E-state index < -0.39 is 23.7 Å². The van der Waals surface area contributed by atoms with Gasteiger partial charge in [0.25, 0.3) is 0 Å². The lowest BCUT2D eigenvalue weighted by molar-refractivity contribution is -0.139. The first kappa shape index (κ1) is 16.2. The van der Waals surface area contributed by atoms with Crippen molar-refractivity contribution in [3.8, 4) is 0 Å². The van der Waals surface area contributed by atoms with Crippen LogP contribution in [0, 0.1) is 0 Å². The second kappa shape index (κ2) is 6.56. The molecule has 0 spiro atoms. The van der Waals surface area contributed by atoms with Crippen molar-refractivity contribution in [2.24, 2.45) is 0 Å². The number of aliphatic carboxylic acids is 1. The highest BCUT2D eigenvalue weighted by atomic mass is 35.5. The number of amides is 1. The number of carboxylic acid groups (broad SMARTS) is 1. The Morgan fingerprint density at radius 2 is 2.10 bits per heavy atom. The number of pyridine rings is 1. The van der Waals surface area contributed by atoms with Crippen LogP contribution in [0.25, 0.3) is 0 Å². The fourth-order valence-electron chi connectivity index (χ4n) is 1.39. The van der Waals surface area contributed by atoms with Gasteiger partial charge in [0, 0.05) is 18.3 Å². The maximum Gasteiger partial charge on any atom is 0.408 e. The van der Waals surface area contributed by atoms with Crippen molar-refractivity contribution in [1.82, 2.24) is 10.3 Å². The Labute approximate surface area is 122 Å². The highest BCUT2D eigenvalue weighted by Gasteiger charge is 2.24. The van der Waals surface area contributed by atoms with E-state index in [0.717, 1.165) is 0 Å². The van der Waals surface area contributed by atoms with E-state index in [2.05, 4.69) is 10.3 Å². The second-order valence-corrected chi connectivity index (χ2v) is 5.65. The van der Waals surface area contributed by atoms with E-state index >= 15 is 0 Å². The molecule has 0 aromatic carbocycles. The van der Waals surface area contributed by atoms with Crippen LogP contribution in [0.4, 0.5) is 4.79 Å². The van der Waals surface area contributed by atoms with E-state index in [1.54, 1.807) is 32.9 Å². The van der Waals surface area contributed by atoms with Gasteiger partial charge in [-0.25, -0.2) is 9.59 Å². The molecule has 1 amide bonds. The number of hydrogen-bond donors (Lipinski definition) is 2. The molecular weight excluding hydrogens is 284 g/mol. The third-order valence-corrected chi connectivity index (χ3v) is 2.41. The van der Waals surface area contributed by atoms with Gasteiger partial charge in [0.1, 0.15) is 11.6 Å². The van der Waals surface area contributed by atoms with Crippen LogP contribution < -0.4 is 5.32 Å². The summed E-state index contributed by atoms with van der Waals surface area (Å²) < 4.78 is 5.02. The number of carbonyl (C=O) groups excluding carboxylic acids is 1. The smallest absolute Gasteiger partial charge is 0.408 e. The van der Waals surface area contributed by atoms with E-state index in [-0.39, 0.29) is 6.42 Å². The summed E-state index contributed by atoms with van der Waals surface area (Å²) in [5, 5.41) is 11.9. The molecule has 0 fully saturated rings. The molecule has 1 aromatic heterocycles. The standard InChI is InChI=1S/C13H17ClN2O4/c1-13(2,3)20-12(19)16-10(11(17)18)6-9-5-4-8(14)7-15-9/h4-5,7,10H,6H2,1-3H3,(H,16,19)(H,17,18). The van der Waals surface area contributed by atoms with Gasteiger partial charge in [0.15, 0.2) is 0 Å². The Morgan fingerprint density at radius 1 is 1.45 bits per heavy atom. The van der Waals surface area contributed by atoms with E-state index in [4.69, 9.17) is 21.4 Å². The Balaban J connectivity index is 2.68. The summed E-state index contributed by atoms with van der Waals surface area (Å²) in [5.41, 5.74) is -0.177. The predicted molar refractivity (Wildman–Crippen MR) is 73.7 cm³/mol. The van der Waals surface area contributed by atoms with Crippen LogP contribution >= 0.6 is 11.6 Å². The molecule has 0 aliphatic carbocycles. The van der Waals surface area contributed by atoms with Gasteiger partial charge in [-0.2, -0.15) is 0 Å². The van der Waals surface area contributed by atoms with Crippen molar-refractivity contribution in [1.29, 1.82) is 0 Å². The predicted octanol–water partition coefficient (Wildman–Crippen LogP) is 2.26. The zero-order valence-corrected chi connectivity index (χ0v) is 12.3. The van der Waals surface area contributed by atoms with Gasteiger partial charge < -0.3 is 15.2 Å². The molecule has 0 saturated carbocycles. The number of carbonyl (C=O) groups is 2. The van der Waals surface area contributed by atoms with Crippen LogP contribution in [0.3, 0.4) is 0 Å². The highest BCUT2D eigenvalue weighted by Crippen LogP contribution is 2.10. The van der Waals surface area contributed by atoms with Crippen molar-refractivity contribution in [3.63, 3.8) is 0 Å². The number of aromatic nitrogens is 1. The summed E-state index contributed by atoms with van der Waals surface area (Å²) in [4.78, 5) is 26.7. The lowest BCUT2D eigenvalue weighted by Crippen LogP contribution is -2.44. The average molecular weight is 301 g/mol. The van der Waals surface area contributed by atoms with Gasteiger partial charge in [0.05, 0.1) is 5.02 Å². The van der Waals surface area contributed by atoms with E-state index in [1.807, 2.05) is 0 Å². The summed E-state index contributed by atoms with van der Waals surface area (Å²) in [7, 11) is 0. The van der Waals surface area contributed by atoms with Crippen molar-refractivity contribution in [2.75, 3.05) is 0 Å². The maximum absolute atomic E-state index is 11.6. The minimum absolute atomic E-state index is 0.0474. The molecule has 1 unspecified atom stereocenters. The van der Waals surface area contributed by atoms with Crippen LogP contribution in [0.2, 0.25) is 5.02 Å². The molecule has 1 aromatic rings. The minimum atomic E-state index is -1.16. The largest absolute Gasteiger partial charge is 0.480 e. The van der Waals surface area contributed by atoms with Gasteiger partial charge in [-0.05, 0) is 32.9 Å². The zero-order valence-electron chi connectivity index (χ0n) is 11.5. The van der Waals surface area contributed by atoms with Gasteiger partial charge in [-0.1, -0.05) is 11.6 Å². The number of alkyl carbamates (subject to hydrolysis) is 1. The lowest BCUT2D eigenvalue weighted by atomic mass is 10.1.